The number of hydrogen-bond donors (Lipinski definition) is 1. The summed E-state index contributed by atoms with van der Waals surface area (Å²) in [5.74, 6) is -1.03. The molecule has 2 aromatic carbocycles. The third-order valence-electron chi connectivity index (χ3n) is 3.83. The largest absolute Gasteiger partial charge is 0.489 e. The van der Waals surface area contributed by atoms with Crippen LogP contribution in [0.1, 0.15) is 22.3 Å². The molecule has 1 aliphatic rings. The Kier molecular flexibility index (Phi) is 5.81. The molecule has 1 aliphatic heterocycles. The molecule has 1 heterocycles. The second kappa shape index (κ2) is 8.26. The predicted molar refractivity (Wildman–Crippen MR) is 97.1 cm³/mol. The van der Waals surface area contributed by atoms with Gasteiger partial charge in [0.2, 0.25) is 0 Å². The van der Waals surface area contributed by atoms with Gasteiger partial charge in [0.15, 0.2) is 18.1 Å². The summed E-state index contributed by atoms with van der Waals surface area (Å²) in [6.45, 7) is 2.00. The Morgan fingerprint density at radius 1 is 1.22 bits per heavy atom. The molecule has 8 heteroatoms. The summed E-state index contributed by atoms with van der Waals surface area (Å²) in [5.41, 5.74) is 0.877. The molecule has 0 spiro atoms. The van der Waals surface area contributed by atoms with Crippen molar-refractivity contribution in [3.8, 4) is 11.5 Å². The fourth-order valence-electron chi connectivity index (χ4n) is 2.43. The molecule has 0 saturated heterocycles. The molecule has 142 valence electrons. The van der Waals surface area contributed by atoms with Crippen molar-refractivity contribution >= 4 is 29.2 Å². The van der Waals surface area contributed by atoms with Crippen molar-refractivity contribution in [1.82, 2.24) is 0 Å². The lowest BCUT2D eigenvalue weighted by Crippen LogP contribution is -2.21. The summed E-state index contributed by atoms with van der Waals surface area (Å²) in [7, 11) is 0. The number of hydrogen-bond acceptors (Lipinski definition) is 5. The summed E-state index contributed by atoms with van der Waals surface area (Å²) in [6, 6.07) is 7.14. The van der Waals surface area contributed by atoms with Gasteiger partial charge in [-0.25, -0.2) is 9.18 Å². The zero-order valence-electron chi connectivity index (χ0n) is 14.5. The minimum atomic E-state index is -0.738. The first-order valence-corrected chi connectivity index (χ1v) is 8.64. The maximum atomic E-state index is 13.5. The molecule has 6 nitrogen and oxygen atoms in total. The van der Waals surface area contributed by atoms with E-state index < -0.39 is 24.3 Å². The van der Waals surface area contributed by atoms with Crippen molar-refractivity contribution in [2.24, 2.45) is 0 Å². The van der Waals surface area contributed by atoms with E-state index in [1.54, 1.807) is 13.0 Å². The van der Waals surface area contributed by atoms with Crippen LogP contribution in [0, 0.1) is 12.7 Å². The maximum absolute atomic E-state index is 13.5. The maximum Gasteiger partial charge on any atom is 0.338 e. The highest BCUT2D eigenvalue weighted by atomic mass is 35.5. The number of rotatable bonds is 4. The number of benzene rings is 2. The molecule has 1 amide bonds. The average molecular weight is 394 g/mol. The number of halogens is 2. The van der Waals surface area contributed by atoms with E-state index in [9.17, 15) is 14.0 Å². The van der Waals surface area contributed by atoms with Gasteiger partial charge < -0.3 is 19.5 Å². The Bertz CT molecular complexity index is 887. The topological polar surface area (TPSA) is 73.9 Å². The van der Waals surface area contributed by atoms with E-state index in [1.807, 2.05) is 0 Å². The van der Waals surface area contributed by atoms with E-state index in [0.29, 0.717) is 36.7 Å². The average Bonchev–Trinajstić information content (AvgIpc) is 2.88. The van der Waals surface area contributed by atoms with Crippen molar-refractivity contribution < 1.29 is 28.2 Å². The van der Waals surface area contributed by atoms with Crippen LogP contribution in [0.25, 0.3) is 0 Å². The van der Waals surface area contributed by atoms with Crippen molar-refractivity contribution in [1.29, 1.82) is 0 Å². The molecule has 0 bridgehead atoms. The molecule has 0 aliphatic carbocycles. The van der Waals surface area contributed by atoms with Crippen molar-refractivity contribution in [3.05, 3.63) is 52.3 Å². The van der Waals surface area contributed by atoms with Crippen LogP contribution in [0.3, 0.4) is 0 Å². The molecule has 0 fully saturated rings. The molecule has 0 atom stereocenters. The van der Waals surface area contributed by atoms with Crippen LogP contribution in [-0.4, -0.2) is 31.7 Å². The van der Waals surface area contributed by atoms with Crippen molar-refractivity contribution in [2.75, 3.05) is 25.1 Å². The lowest BCUT2D eigenvalue weighted by Gasteiger charge is -2.11. The molecule has 0 aromatic heterocycles. The number of esters is 1. The molecular formula is C19H17ClFNO5. The van der Waals surface area contributed by atoms with E-state index in [2.05, 4.69) is 5.32 Å². The predicted octanol–water partition coefficient (Wildman–Crippen LogP) is 3.74. The summed E-state index contributed by atoms with van der Waals surface area (Å²) in [6.07, 6.45) is 0.699. The van der Waals surface area contributed by atoms with Gasteiger partial charge in [-0.15, -0.1) is 0 Å². The zero-order valence-corrected chi connectivity index (χ0v) is 15.3. The first kappa shape index (κ1) is 19.0. The molecule has 3 rings (SSSR count). The standard InChI is InChI=1S/C19H17ClFNO5/c1-11-3-4-13(9-15(11)21)22-17(23)10-27-19(24)12-7-14(20)18-16(8-12)25-5-2-6-26-18/h3-4,7-9H,2,5-6,10H2,1H3,(H,22,23). The fourth-order valence-corrected chi connectivity index (χ4v) is 2.70. The molecule has 1 N–H and O–H groups in total. The smallest absolute Gasteiger partial charge is 0.338 e. The lowest BCUT2D eigenvalue weighted by molar-refractivity contribution is -0.119. The van der Waals surface area contributed by atoms with Crippen LogP contribution < -0.4 is 14.8 Å². The van der Waals surface area contributed by atoms with Gasteiger partial charge in [-0.3, -0.25) is 4.79 Å². The Morgan fingerprint density at radius 2 is 2.00 bits per heavy atom. The second-order valence-corrected chi connectivity index (χ2v) is 6.33. The Labute approximate surface area is 160 Å². The van der Waals surface area contributed by atoms with Crippen LogP contribution in [0.5, 0.6) is 11.5 Å². The van der Waals surface area contributed by atoms with Gasteiger partial charge in [0.05, 0.1) is 23.8 Å². The molecule has 0 radical (unpaired) electrons. The highest BCUT2D eigenvalue weighted by Crippen LogP contribution is 2.38. The third kappa shape index (κ3) is 4.68. The SMILES string of the molecule is Cc1ccc(NC(=O)COC(=O)c2cc(Cl)c3c(c2)OCCCO3)cc1F. The van der Waals surface area contributed by atoms with Gasteiger partial charge in [-0.2, -0.15) is 0 Å². The normalized spacial score (nSPS) is 12.9. The summed E-state index contributed by atoms with van der Waals surface area (Å²) in [4.78, 5) is 24.1. The summed E-state index contributed by atoms with van der Waals surface area (Å²) in [5, 5.41) is 2.68. The van der Waals surface area contributed by atoms with Gasteiger partial charge in [0, 0.05) is 12.1 Å². The molecular weight excluding hydrogens is 377 g/mol. The first-order chi connectivity index (χ1) is 12.9. The highest BCUT2D eigenvalue weighted by molar-refractivity contribution is 6.32. The number of amides is 1. The van der Waals surface area contributed by atoms with Crippen LogP contribution in [-0.2, 0) is 9.53 Å². The summed E-state index contributed by atoms with van der Waals surface area (Å²) >= 11 is 6.13. The molecule has 0 unspecified atom stereocenters. The van der Waals surface area contributed by atoms with Crippen LogP contribution in [0.2, 0.25) is 5.02 Å². The van der Waals surface area contributed by atoms with E-state index in [-0.39, 0.29) is 16.3 Å². The highest BCUT2D eigenvalue weighted by Gasteiger charge is 2.19. The van der Waals surface area contributed by atoms with Crippen molar-refractivity contribution in [3.63, 3.8) is 0 Å². The minimum Gasteiger partial charge on any atom is -0.489 e. The van der Waals surface area contributed by atoms with E-state index in [1.165, 1.54) is 24.3 Å². The number of carbonyl (C=O) groups is 2. The molecule has 27 heavy (non-hydrogen) atoms. The Balaban J connectivity index is 1.62. The van der Waals surface area contributed by atoms with Gasteiger partial charge in [0.25, 0.3) is 5.91 Å². The van der Waals surface area contributed by atoms with Gasteiger partial charge in [-0.05, 0) is 36.8 Å². The summed E-state index contributed by atoms with van der Waals surface area (Å²) < 4.78 is 29.5. The number of fused-ring (bicyclic) bond motifs is 1. The van der Waals surface area contributed by atoms with Gasteiger partial charge >= 0.3 is 5.97 Å². The number of carbonyl (C=O) groups excluding carboxylic acids is 2. The van der Waals surface area contributed by atoms with Gasteiger partial charge in [-0.1, -0.05) is 17.7 Å². The Morgan fingerprint density at radius 3 is 2.78 bits per heavy atom. The van der Waals surface area contributed by atoms with E-state index in [4.69, 9.17) is 25.8 Å². The number of anilines is 1. The van der Waals surface area contributed by atoms with Crippen LogP contribution in [0.15, 0.2) is 30.3 Å². The fraction of sp³-hybridized carbons (Fsp3) is 0.263. The van der Waals surface area contributed by atoms with Crippen LogP contribution in [0.4, 0.5) is 10.1 Å². The second-order valence-electron chi connectivity index (χ2n) is 5.92. The zero-order chi connectivity index (χ0) is 19.4. The minimum absolute atomic E-state index is 0.137. The Hall–Kier alpha value is -2.80. The number of aryl methyl sites for hydroxylation is 1. The lowest BCUT2D eigenvalue weighted by atomic mass is 10.2. The van der Waals surface area contributed by atoms with Gasteiger partial charge in [0.1, 0.15) is 5.82 Å². The quantitative estimate of drug-likeness (QED) is 0.801. The third-order valence-corrected chi connectivity index (χ3v) is 4.11. The van der Waals surface area contributed by atoms with Crippen LogP contribution >= 0.6 is 11.6 Å². The number of ether oxygens (including phenoxy) is 3. The molecule has 2 aromatic rings. The van der Waals surface area contributed by atoms with E-state index in [0.717, 1.165) is 0 Å². The number of nitrogens with one attached hydrogen (secondary N) is 1. The first-order valence-electron chi connectivity index (χ1n) is 8.26. The van der Waals surface area contributed by atoms with E-state index >= 15 is 0 Å². The van der Waals surface area contributed by atoms with Crippen molar-refractivity contribution in [2.45, 2.75) is 13.3 Å². The molecule has 0 saturated carbocycles. The monoisotopic (exact) mass is 393 g/mol.